The number of rotatable bonds is 5. The molecule has 1 aliphatic carbocycles. The molecule has 1 fully saturated rings. The summed E-state index contributed by atoms with van der Waals surface area (Å²) in [5.74, 6) is -1.59. The lowest BCUT2D eigenvalue weighted by molar-refractivity contribution is -0.140. The van der Waals surface area contributed by atoms with Gasteiger partial charge in [0.1, 0.15) is 5.82 Å². The molecule has 0 spiro atoms. The van der Waals surface area contributed by atoms with Gasteiger partial charge in [0.05, 0.1) is 16.9 Å². The van der Waals surface area contributed by atoms with E-state index in [0.717, 1.165) is 0 Å². The van der Waals surface area contributed by atoms with E-state index in [0.29, 0.717) is 24.9 Å². The fourth-order valence-electron chi connectivity index (χ4n) is 3.28. The molecule has 2 aliphatic rings. The molecule has 0 radical (unpaired) electrons. The molecule has 0 aromatic heterocycles. The van der Waals surface area contributed by atoms with Crippen LogP contribution in [0.5, 0.6) is 0 Å². The van der Waals surface area contributed by atoms with Crippen LogP contribution in [-0.2, 0) is 14.4 Å². The van der Waals surface area contributed by atoms with Gasteiger partial charge >= 0.3 is 0 Å². The van der Waals surface area contributed by atoms with Crippen LogP contribution in [0.15, 0.2) is 30.4 Å². The van der Waals surface area contributed by atoms with Gasteiger partial charge in [0.15, 0.2) is 0 Å². The number of benzene rings is 1. The molecule has 25 heavy (non-hydrogen) atoms. The molecule has 3 rings (SSSR count). The van der Waals surface area contributed by atoms with Crippen LogP contribution in [0.25, 0.3) is 0 Å². The maximum absolute atomic E-state index is 13.1. The molecule has 1 saturated heterocycles. The van der Waals surface area contributed by atoms with Gasteiger partial charge in [-0.05, 0) is 37.5 Å². The number of hydrogen-bond acceptors (Lipinski definition) is 3. The van der Waals surface area contributed by atoms with Crippen molar-refractivity contribution in [2.24, 2.45) is 11.8 Å². The van der Waals surface area contributed by atoms with Crippen molar-refractivity contribution in [3.8, 4) is 0 Å². The Labute approximate surface area is 149 Å². The molecule has 7 heteroatoms. The van der Waals surface area contributed by atoms with E-state index in [4.69, 9.17) is 11.6 Å². The summed E-state index contributed by atoms with van der Waals surface area (Å²) in [5.41, 5.74) is 0.404. The second-order valence-electron chi connectivity index (χ2n) is 6.26. The van der Waals surface area contributed by atoms with Crippen molar-refractivity contribution in [1.29, 1.82) is 0 Å². The smallest absolute Gasteiger partial charge is 0.233 e. The lowest BCUT2D eigenvalue weighted by Gasteiger charge is -2.14. The molecule has 1 heterocycles. The normalized spacial score (nSPS) is 22.2. The number of carbonyl (C=O) groups excluding carboxylic acids is 3. The SMILES string of the molecule is O=C(CCCN1C(=O)[C@H]2CC=CC[C@@H]2C1=O)Nc1ccc(F)c(Cl)c1. The Kier molecular flexibility index (Phi) is 5.18. The first kappa shape index (κ1) is 17.6. The van der Waals surface area contributed by atoms with E-state index in [-0.39, 0.29) is 47.5 Å². The van der Waals surface area contributed by atoms with Crippen LogP contribution >= 0.6 is 11.6 Å². The first-order chi connectivity index (χ1) is 12.0. The van der Waals surface area contributed by atoms with Gasteiger partial charge in [-0.1, -0.05) is 23.8 Å². The Morgan fingerprint density at radius 3 is 2.44 bits per heavy atom. The number of anilines is 1. The van der Waals surface area contributed by atoms with Gasteiger partial charge in [-0.3, -0.25) is 19.3 Å². The Morgan fingerprint density at radius 1 is 1.20 bits per heavy atom. The molecule has 0 bridgehead atoms. The van der Waals surface area contributed by atoms with Crippen molar-refractivity contribution in [2.75, 3.05) is 11.9 Å². The third kappa shape index (κ3) is 3.74. The fourth-order valence-corrected chi connectivity index (χ4v) is 3.47. The first-order valence-electron chi connectivity index (χ1n) is 8.22. The number of allylic oxidation sites excluding steroid dienone is 2. The molecule has 1 aromatic carbocycles. The van der Waals surface area contributed by atoms with Crippen molar-refractivity contribution in [3.05, 3.63) is 41.2 Å². The number of halogens is 2. The Hall–Kier alpha value is -2.21. The molecule has 2 atom stereocenters. The third-order valence-electron chi connectivity index (χ3n) is 4.59. The first-order valence-corrected chi connectivity index (χ1v) is 8.60. The number of likely N-dealkylation sites (tertiary alicyclic amines) is 1. The van der Waals surface area contributed by atoms with Gasteiger partial charge in [-0.2, -0.15) is 0 Å². The van der Waals surface area contributed by atoms with E-state index in [2.05, 4.69) is 5.32 Å². The number of imide groups is 1. The summed E-state index contributed by atoms with van der Waals surface area (Å²) in [6.45, 7) is 0.238. The van der Waals surface area contributed by atoms with Crippen molar-refractivity contribution < 1.29 is 18.8 Å². The van der Waals surface area contributed by atoms with E-state index in [1.807, 2.05) is 12.2 Å². The summed E-state index contributed by atoms with van der Waals surface area (Å²) in [5, 5.41) is 2.55. The maximum atomic E-state index is 13.1. The number of carbonyl (C=O) groups is 3. The lowest BCUT2D eigenvalue weighted by Crippen LogP contribution is -2.32. The van der Waals surface area contributed by atoms with Crippen molar-refractivity contribution >= 4 is 35.0 Å². The standard InChI is InChI=1S/C18H18ClFN2O3/c19-14-10-11(7-8-15(14)20)21-16(23)6-3-9-22-17(24)12-4-1-2-5-13(12)18(22)25/h1-2,7-8,10,12-13H,3-6,9H2,(H,21,23)/t12-,13-/m0/s1. The van der Waals surface area contributed by atoms with Gasteiger partial charge in [0.25, 0.3) is 0 Å². The topological polar surface area (TPSA) is 66.5 Å². The van der Waals surface area contributed by atoms with Gasteiger partial charge in [0, 0.05) is 18.7 Å². The highest BCUT2D eigenvalue weighted by Crippen LogP contribution is 2.35. The summed E-state index contributed by atoms with van der Waals surface area (Å²) in [6.07, 6.45) is 5.63. The molecule has 1 aliphatic heterocycles. The summed E-state index contributed by atoms with van der Waals surface area (Å²) in [6, 6.07) is 3.93. The van der Waals surface area contributed by atoms with Crippen LogP contribution < -0.4 is 5.32 Å². The van der Waals surface area contributed by atoms with E-state index in [1.54, 1.807) is 0 Å². The highest BCUT2D eigenvalue weighted by molar-refractivity contribution is 6.31. The van der Waals surface area contributed by atoms with Gasteiger partial charge < -0.3 is 5.32 Å². The number of nitrogens with one attached hydrogen (secondary N) is 1. The van der Waals surface area contributed by atoms with Crippen LogP contribution in [0.1, 0.15) is 25.7 Å². The molecular weight excluding hydrogens is 347 g/mol. The monoisotopic (exact) mass is 364 g/mol. The van der Waals surface area contributed by atoms with E-state index in [1.165, 1.54) is 23.1 Å². The minimum Gasteiger partial charge on any atom is -0.326 e. The summed E-state index contributed by atoms with van der Waals surface area (Å²) >= 11 is 5.67. The number of amides is 3. The lowest BCUT2D eigenvalue weighted by atomic mass is 9.85. The Balaban J connectivity index is 1.49. The van der Waals surface area contributed by atoms with Crippen molar-refractivity contribution in [2.45, 2.75) is 25.7 Å². The van der Waals surface area contributed by atoms with Crippen molar-refractivity contribution in [3.63, 3.8) is 0 Å². The summed E-state index contributed by atoms with van der Waals surface area (Å²) in [7, 11) is 0. The number of hydrogen-bond donors (Lipinski definition) is 1. The van der Waals surface area contributed by atoms with E-state index in [9.17, 15) is 18.8 Å². The van der Waals surface area contributed by atoms with Gasteiger partial charge in [-0.25, -0.2) is 4.39 Å². The van der Waals surface area contributed by atoms with E-state index >= 15 is 0 Å². The molecule has 0 unspecified atom stereocenters. The molecule has 1 N–H and O–H groups in total. The second kappa shape index (κ2) is 7.35. The van der Waals surface area contributed by atoms with Crippen molar-refractivity contribution in [1.82, 2.24) is 4.90 Å². The van der Waals surface area contributed by atoms with Gasteiger partial charge in [0.2, 0.25) is 17.7 Å². The van der Waals surface area contributed by atoms with Crippen LogP contribution in [0.3, 0.4) is 0 Å². The molecule has 5 nitrogen and oxygen atoms in total. The molecule has 3 amide bonds. The molecule has 1 aromatic rings. The minimum atomic E-state index is -0.554. The molecule has 132 valence electrons. The van der Waals surface area contributed by atoms with Crippen LogP contribution in [0.4, 0.5) is 10.1 Å². The zero-order chi connectivity index (χ0) is 18.0. The summed E-state index contributed by atoms with van der Waals surface area (Å²) in [4.78, 5) is 37.8. The predicted octanol–water partition coefficient (Wildman–Crippen LogP) is 3.15. The second-order valence-corrected chi connectivity index (χ2v) is 6.67. The third-order valence-corrected chi connectivity index (χ3v) is 4.88. The molecular formula is C18H18ClFN2O3. The Morgan fingerprint density at radius 2 is 1.84 bits per heavy atom. The zero-order valence-corrected chi connectivity index (χ0v) is 14.3. The molecule has 0 saturated carbocycles. The highest BCUT2D eigenvalue weighted by atomic mass is 35.5. The highest BCUT2D eigenvalue weighted by Gasteiger charge is 2.46. The number of nitrogens with zero attached hydrogens (tertiary/aromatic N) is 1. The van der Waals surface area contributed by atoms with Crippen LogP contribution in [0.2, 0.25) is 5.02 Å². The quantitative estimate of drug-likeness (QED) is 0.644. The largest absolute Gasteiger partial charge is 0.326 e. The Bertz CT molecular complexity index is 724. The number of fused-ring (bicyclic) bond motifs is 1. The van der Waals surface area contributed by atoms with E-state index < -0.39 is 5.82 Å². The van der Waals surface area contributed by atoms with Gasteiger partial charge in [-0.15, -0.1) is 0 Å². The predicted molar refractivity (Wildman–Crippen MR) is 91.3 cm³/mol. The average molecular weight is 365 g/mol. The summed E-state index contributed by atoms with van der Waals surface area (Å²) < 4.78 is 13.1. The zero-order valence-electron chi connectivity index (χ0n) is 13.5. The fraction of sp³-hybridized carbons (Fsp3) is 0.389. The maximum Gasteiger partial charge on any atom is 0.233 e. The minimum absolute atomic E-state index is 0.0673. The van der Waals surface area contributed by atoms with Crippen LogP contribution in [-0.4, -0.2) is 29.2 Å². The average Bonchev–Trinajstić information content (AvgIpc) is 2.83. The van der Waals surface area contributed by atoms with Crippen LogP contribution in [0, 0.1) is 17.7 Å².